The first-order valence-corrected chi connectivity index (χ1v) is 10.3. The normalized spacial score (nSPS) is 20.0. The molecule has 0 atom stereocenters. The highest BCUT2D eigenvalue weighted by Gasteiger charge is 2.20. The van der Waals surface area contributed by atoms with Crippen LogP contribution in [-0.4, -0.2) is 0 Å². The van der Waals surface area contributed by atoms with Crippen LogP contribution in [0, 0.1) is 29.3 Å². The minimum atomic E-state index is -0.573. The molecule has 3 heteroatoms. The molecule has 0 amide bonds. The molecule has 3 rings (SSSR count). The summed E-state index contributed by atoms with van der Waals surface area (Å²) in [4.78, 5) is 0. The van der Waals surface area contributed by atoms with Crippen LogP contribution in [-0.2, 0) is 6.42 Å². The van der Waals surface area contributed by atoms with E-state index >= 15 is 0 Å². The molecule has 27 heavy (non-hydrogen) atoms. The van der Waals surface area contributed by atoms with E-state index in [1.165, 1.54) is 74.9 Å². The summed E-state index contributed by atoms with van der Waals surface area (Å²) >= 11 is 0. The highest BCUT2D eigenvalue weighted by molar-refractivity contribution is 5.65. The van der Waals surface area contributed by atoms with Crippen molar-refractivity contribution >= 4 is 0 Å². The van der Waals surface area contributed by atoms with Crippen molar-refractivity contribution in [3.05, 3.63) is 59.4 Å². The zero-order valence-electron chi connectivity index (χ0n) is 16.1. The number of aryl methyl sites for hydroxylation is 1. The van der Waals surface area contributed by atoms with E-state index in [-0.39, 0.29) is 5.56 Å². The van der Waals surface area contributed by atoms with Crippen LogP contribution in [0.25, 0.3) is 11.1 Å². The third kappa shape index (κ3) is 5.37. The summed E-state index contributed by atoms with van der Waals surface area (Å²) in [5.41, 5.74) is 0.991. The molecule has 1 saturated carbocycles. The summed E-state index contributed by atoms with van der Waals surface area (Å²) in [7, 11) is 0. The highest BCUT2D eigenvalue weighted by atomic mass is 19.1. The predicted octanol–water partition coefficient (Wildman–Crippen LogP) is 7.70. The van der Waals surface area contributed by atoms with Crippen LogP contribution in [0.2, 0.25) is 0 Å². The van der Waals surface area contributed by atoms with Crippen LogP contribution in [0.3, 0.4) is 0 Å². The van der Waals surface area contributed by atoms with Gasteiger partial charge in [0, 0.05) is 0 Å². The summed E-state index contributed by atoms with van der Waals surface area (Å²) in [6.45, 7) is 2.26. The van der Waals surface area contributed by atoms with Gasteiger partial charge in [0.1, 0.15) is 17.5 Å². The number of benzene rings is 2. The molecule has 0 aromatic heterocycles. The molecule has 0 radical (unpaired) electrons. The van der Waals surface area contributed by atoms with Gasteiger partial charge < -0.3 is 0 Å². The van der Waals surface area contributed by atoms with Crippen molar-refractivity contribution in [1.29, 1.82) is 0 Å². The standard InChI is InChI=1S/C24H29F3/c1-2-4-17-7-9-18(10-8-17)5-3-6-19-15-22(26)24(23(27)16-19)20-11-13-21(25)14-12-20/h11-18H,2-10H2,1H3. The maximum Gasteiger partial charge on any atom is 0.134 e. The zero-order valence-corrected chi connectivity index (χ0v) is 16.1. The summed E-state index contributed by atoms with van der Waals surface area (Å²) < 4.78 is 42.0. The molecule has 0 bridgehead atoms. The molecular weight excluding hydrogens is 345 g/mol. The average molecular weight is 374 g/mol. The number of halogens is 3. The van der Waals surface area contributed by atoms with Gasteiger partial charge in [-0.2, -0.15) is 0 Å². The van der Waals surface area contributed by atoms with Crippen LogP contribution >= 0.6 is 0 Å². The molecule has 0 saturated heterocycles. The molecule has 1 aliphatic carbocycles. The minimum absolute atomic E-state index is 0.0759. The number of hydrogen-bond acceptors (Lipinski definition) is 0. The lowest BCUT2D eigenvalue weighted by molar-refractivity contribution is 0.249. The Hall–Kier alpha value is -1.77. The van der Waals surface area contributed by atoms with Gasteiger partial charge in [0.25, 0.3) is 0 Å². The van der Waals surface area contributed by atoms with Crippen molar-refractivity contribution in [2.45, 2.75) is 64.7 Å². The van der Waals surface area contributed by atoms with Gasteiger partial charge in [0.15, 0.2) is 0 Å². The topological polar surface area (TPSA) is 0 Å². The van der Waals surface area contributed by atoms with E-state index < -0.39 is 17.5 Å². The Morgan fingerprint density at radius 2 is 1.37 bits per heavy atom. The lowest BCUT2D eigenvalue weighted by Gasteiger charge is -2.28. The fourth-order valence-electron chi connectivity index (χ4n) is 4.47. The fourth-order valence-corrected chi connectivity index (χ4v) is 4.47. The van der Waals surface area contributed by atoms with Gasteiger partial charge in [0.05, 0.1) is 5.56 Å². The third-order valence-electron chi connectivity index (χ3n) is 5.98. The Morgan fingerprint density at radius 1 is 0.815 bits per heavy atom. The Kier molecular flexibility index (Phi) is 6.98. The van der Waals surface area contributed by atoms with Crippen molar-refractivity contribution < 1.29 is 13.2 Å². The van der Waals surface area contributed by atoms with Crippen molar-refractivity contribution in [2.24, 2.45) is 11.8 Å². The van der Waals surface area contributed by atoms with E-state index in [9.17, 15) is 13.2 Å². The fraction of sp³-hybridized carbons (Fsp3) is 0.500. The minimum Gasteiger partial charge on any atom is -0.207 e. The monoisotopic (exact) mass is 374 g/mol. The number of hydrogen-bond donors (Lipinski definition) is 0. The molecule has 2 aromatic rings. The van der Waals surface area contributed by atoms with Crippen molar-refractivity contribution in [3.63, 3.8) is 0 Å². The maximum absolute atomic E-state index is 14.5. The molecule has 0 N–H and O–H groups in total. The van der Waals surface area contributed by atoms with Crippen molar-refractivity contribution in [1.82, 2.24) is 0 Å². The van der Waals surface area contributed by atoms with Crippen molar-refractivity contribution in [2.75, 3.05) is 0 Å². The zero-order chi connectivity index (χ0) is 19.2. The van der Waals surface area contributed by atoms with Gasteiger partial charge in [-0.15, -0.1) is 0 Å². The molecule has 0 aliphatic heterocycles. The summed E-state index contributed by atoms with van der Waals surface area (Å²) in [6, 6.07) is 8.12. The first kappa shape index (κ1) is 20.0. The van der Waals surface area contributed by atoms with E-state index in [2.05, 4.69) is 6.92 Å². The molecule has 0 nitrogen and oxygen atoms in total. The third-order valence-corrected chi connectivity index (χ3v) is 5.98. The van der Waals surface area contributed by atoms with Gasteiger partial charge in [-0.3, -0.25) is 0 Å². The second-order valence-corrected chi connectivity index (χ2v) is 8.01. The SMILES string of the molecule is CCCC1CCC(CCCc2cc(F)c(-c3ccc(F)cc3)c(F)c2)CC1. The maximum atomic E-state index is 14.5. The van der Waals surface area contributed by atoms with Crippen LogP contribution < -0.4 is 0 Å². The number of rotatable bonds is 7. The largest absolute Gasteiger partial charge is 0.207 e. The predicted molar refractivity (Wildman–Crippen MR) is 105 cm³/mol. The van der Waals surface area contributed by atoms with Crippen LogP contribution in [0.5, 0.6) is 0 Å². The lowest BCUT2D eigenvalue weighted by atomic mass is 9.78. The summed E-state index contributed by atoms with van der Waals surface area (Å²) in [5, 5.41) is 0. The van der Waals surface area contributed by atoms with E-state index in [4.69, 9.17) is 0 Å². The molecule has 1 aliphatic rings. The van der Waals surface area contributed by atoms with Crippen LogP contribution in [0.1, 0.15) is 63.9 Å². The van der Waals surface area contributed by atoms with Crippen LogP contribution in [0.15, 0.2) is 36.4 Å². The second kappa shape index (κ2) is 9.43. The van der Waals surface area contributed by atoms with Gasteiger partial charge in [-0.25, -0.2) is 13.2 Å². The van der Waals surface area contributed by atoms with Crippen LogP contribution in [0.4, 0.5) is 13.2 Å². The Labute approximate surface area is 160 Å². The smallest absolute Gasteiger partial charge is 0.134 e. The first-order valence-electron chi connectivity index (χ1n) is 10.3. The Morgan fingerprint density at radius 3 is 1.93 bits per heavy atom. The molecule has 1 fully saturated rings. The second-order valence-electron chi connectivity index (χ2n) is 8.01. The molecule has 0 heterocycles. The average Bonchev–Trinajstić information content (AvgIpc) is 2.64. The quantitative estimate of drug-likeness (QED) is 0.466. The van der Waals surface area contributed by atoms with Gasteiger partial charge in [-0.1, -0.05) is 64.0 Å². The molecule has 2 aromatic carbocycles. The molecular formula is C24H29F3. The van der Waals surface area contributed by atoms with E-state index in [0.29, 0.717) is 17.5 Å². The Balaban J connectivity index is 1.55. The molecule has 0 unspecified atom stereocenters. The van der Waals surface area contributed by atoms with E-state index in [1.807, 2.05) is 0 Å². The highest BCUT2D eigenvalue weighted by Crippen LogP contribution is 2.34. The summed E-state index contributed by atoms with van der Waals surface area (Å²) in [5.74, 6) is 0.119. The summed E-state index contributed by atoms with van der Waals surface area (Å²) in [6.07, 6.45) is 10.7. The Bertz CT molecular complexity index is 705. The van der Waals surface area contributed by atoms with E-state index in [1.54, 1.807) is 0 Å². The first-order chi connectivity index (χ1) is 13.1. The van der Waals surface area contributed by atoms with Gasteiger partial charge >= 0.3 is 0 Å². The van der Waals surface area contributed by atoms with Crippen molar-refractivity contribution in [3.8, 4) is 11.1 Å². The van der Waals surface area contributed by atoms with Gasteiger partial charge in [-0.05, 0) is 60.1 Å². The molecule has 0 spiro atoms. The van der Waals surface area contributed by atoms with Gasteiger partial charge in [0.2, 0.25) is 0 Å². The lowest BCUT2D eigenvalue weighted by Crippen LogP contribution is -2.14. The molecule has 146 valence electrons. The van der Waals surface area contributed by atoms with E-state index in [0.717, 1.165) is 24.7 Å².